The molecule has 8 heteroatoms. The largest absolute Gasteiger partial charge is 0.341 e. The summed E-state index contributed by atoms with van der Waals surface area (Å²) >= 11 is 17.2. The molecule has 3 aromatic rings. The van der Waals surface area contributed by atoms with Crippen molar-refractivity contribution < 1.29 is 0 Å². The van der Waals surface area contributed by atoms with Gasteiger partial charge >= 0.3 is 0 Å². The van der Waals surface area contributed by atoms with Crippen LogP contribution in [0.15, 0.2) is 67.4 Å². The van der Waals surface area contributed by atoms with E-state index in [1.165, 1.54) is 0 Å². The lowest BCUT2D eigenvalue weighted by Crippen LogP contribution is -2.19. The Morgan fingerprint density at radius 2 is 1.54 bits per heavy atom. The van der Waals surface area contributed by atoms with Crippen molar-refractivity contribution in [3.05, 3.63) is 77.4 Å². The van der Waals surface area contributed by atoms with Crippen molar-refractivity contribution in [2.45, 2.75) is 0 Å². The molecule has 0 aliphatic carbocycles. The number of thiocarbonyl (C=S) groups is 1. The molecule has 5 nitrogen and oxygen atoms in total. The van der Waals surface area contributed by atoms with E-state index in [1.54, 1.807) is 41.2 Å². The third-order valence-corrected chi connectivity index (χ3v) is 3.98. The van der Waals surface area contributed by atoms with Gasteiger partial charge in [0.05, 0.1) is 0 Å². The predicted molar refractivity (Wildman–Crippen MR) is 114 cm³/mol. The molecule has 3 rings (SSSR count). The zero-order valence-electron chi connectivity index (χ0n) is 13.5. The highest BCUT2D eigenvalue weighted by atomic mass is 35.5. The van der Waals surface area contributed by atoms with E-state index >= 15 is 0 Å². The van der Waals surface area contributed by atoms with Crippen LogP contribution in [0.25, 0.3) is 5.82 Å². The van der Waals surface area contributed by atoms with E-state index in [1.807, 2.05) is 24.3 Å². The number of hydrogen-bond acceptors (Lipinski definition) is 3. The number of hydrogen-bond donors (Lipinski definition) is 3. The minimum Gasteiger partial charge on any atom is -0.341 e. The van der Waals surface area contributed by atoms with Crippen LogP contribution in [-0.2, 0) is 0 Å². The number of anilines is 3. The van der Waals surface area contributed by atoms with Gasteiger partial charge in [-0.15, -0.1) is 5.10 Å². The number of aromatic nitrogens is 2. The molecular weight excluding hydrogens is 389 g/mol. The van der Waals surface area contributed by atoms with Crippen LogP contribution in [-0.4, -0.2) is 14.9 Å². The van der Waals surface area contributed by atoms with Gasteiger partial charge in [0.15, 0.2) is 10.9 Å². The van der Waals surface area contributed by atoms with Gasteiger partial charge in [0, 0.05) is 33.7 Å². The lowest BCUT2D eigenvalue weighted by molar-refractivity contribution is 0.906. The van der Waals surface area contributed by atoms with Crippen LogP contribution < -0.4 is 16.0 Å². The number of benzene rings is 2. The fourth-order valence-corrected chi connectivity index (χ4v) is 2.78. The van der Waals surface area contributed by atoms with Crippen molar-refractivity contribution in [1.29, 1.82) is 0 Å². The molecule has 0 radical (unpaired) electrons. The van der Waals surface area contributed by atoms with Crippen molar-refractivity contribution in [1.82, 2.24) is 9.78 Å². The Bertz CT molecular complexity index is 954. The minimum absolute atomic E-state index is 0.408. The van der Waals surface area contributed by atoms with Gasteiger partial charge in [0.1, 0.15) is 5.82 Å². The maximum absolute atomic E-state index is 5.98. The molecular formula is C18H15Cl2N5S. The summed E-state index contributed by atoms with van der Waals surface area (Å²) in [6, 6.07) is 16.4. The Morgan fingerprint density at radius 3 is 2.15 bits per heavy atom. The van der Waals surface area contributed by atoms with Gasteiger partial charge in [-0.25, -0.2) is 4.68 Å². The van der Waals surface area contributed by atoms with Crippen LogP contribution in [0.5, 0.6) is 0 Å². The number of nitrogens with zero attached hydrogens (tertiary/aromatic N) is 2. The first-order chi connectivity index (χ1) is 12.5. The Morgan fingerprint density at radius 1 is 0.923 bits per heavy atom. The van der Waals surface area contributed by atoms with Crippen molar-refractivity contribution in [2.75, 3.05) is 16.0 Å². The lowest BCUT2D eigenvalue weighted by Gasteiger charge is -2.10. The first kappa shape index (κ1) is 18.3. The minimum atomic E-state index is 0.408. The van der Waals surface area contributed by atoms with Crippen LogP contribution in [0, 0.1) is 0 Å². The number of nitrogens with one attached hydrogen (secondary N) is 3. The molecule has 0 amide bonds. The molecule has 0 saturated heterocycles. The Balaban J connectivity index is 1.60. The molecule has 132 valence electrons. The topological polar surface area (TPSA) is 53.9 Å². The van der Waals surface area contributed by atoms with E-state index in [9.17, 15) is 0 Å². The molecule has 2 aromatic carbocycles. The second-order valence-corrected chi connectivity index (χ2v) is 6.60. The predicted octanol–water partition coefficient (Wildman–Crippen LogP) is 5.54. The molecule has 0 unspecified atom stereocenters. The third-order valence-electron chi connectivity index (χ3n) is 3.30. The number of halogens is 2. The third kappa shape index (κ3) is 4.98. The number of rotatable bonds is 5. The molecule has 1 heterocycles. The molecule has 0 atom stereocenters. The Hall–Kier alpha value is -2.54. The smallest absolute Gasteiger partial charge is 0.176 e. The van der Waals surface area contributed by atoms with Gasteiger partial charge in [-0.05, 0) is 48.6 Å². The molecule has 0 fully saturated rings. The van der Waals surface area contributed by atoms with Crippen LogP contribution in [0.4, 0.5) is 17.2 Å². The summed E-state index contributed by atoms with van der Waals surface area (Å²) in [5, 5.41) is 15.3. The maximum Gasteiger partial charge on any atom is 0.176 e. The van der Waals surface area contributed by atoms with Crippen molar-refractivity contribution in [3.63, 3.8) is 0 Å². The average Bonchev–Trinajstić information content (AvgIpc) is 3.03. The molecule has 26 heavy (non-hydrogen) atoms. The highest BCUT2D eigenvalue weighted by Gasteiger charge is 2.05. The summed E-state index contributed by atoms with van der Waals surface area (Å²) in [6.07, 6.45) is 1.77. The first-order valence-corrected chi connectivity index (χ1v) is 8.77. The molecule has 0 saturated carbocycles. The fourth-order valence-electron chi connectivity index (χ4n) is 2.18. The summed E-state index contributed by atoms with van der Waals surface area (Å²) in [6.45, 7) is 3.98. The fraction of sp³-hybridized carbons (Fsp3) is 0. The summed E-state index contributed by atoms with van der Waals surface area (Å²) in [5.41, 5.74) is 1.62. The van der Waals surface area contributed by atoms with Crippen molar-refractivity contribution in [3.8, 4) is 0 Å². The zero-order valence-corrected chi connectivity index (χ0v) is 15.9. The van der Waals surface area contributed by atoms with E-state index in [0.29, 0.717) is 26.8 Å². The van der Waals surface area contributed by atoms with E-state index in [0.717, 1.165) is 11.4 Å². The SMILES string of the molecule is C=C(Nc1cccc(Cl)c1)n1ccc(NC(=S)Nc2cccc(Cl)c2)n1. The summed E-state index contributed by atoms with van der Waals surface area (Å²) in [4.78, 5) is 0. The average molecular weight is 404 g/mol. The summed E-state index contributed by atoms with van der Waals surface area (Å²) < 4.78 is 1.60. The van der Waals surface area contributed by atoms with Crippen molar-refractivity contribution in [2.24, 2.45) is 0 Å². The van der Waals surface area contributed by atoms with Crippen LogP contribution >= 0.6 is 35.4 Å². The first-order valence-electron chi connectivity index (χ1n) is 7.61. The Labute approximate surface area is 166 Å². The van der Waals surface area contributed by atoms with Crippen molar-refractivity contribution >= 4 is 63.5 Å². The molecule has 3 N–H and O–H groups in total. The van der Waals surface area contributed by atoms with Gasteiger partial charge in [0.2, 0.25) is 0 Å². The Kier molecular flexibility index (Phi) is 5.78. The van der Waals surface area contributed by atoms with E-state index < -0.39 is 0 Å². The normalized spacial score (nSPS) is 10.2. The molecule has 0 aliphatic rings. The monoisotopic (exact) mass is 403 g/mol. The van der Waals surface area contributed by atoms with Gasteiger partial charge in [-0.2, -0.15) is 0 Å². The van der Waals surface area contributed by atoms with E-state index in [-0.39, 0.29) is 0 Å². The summed E-state index contributed by atoms with van der Waals surface area (Å²) in [7, 11) is 0. The second kappa shape index (κ2) is 8.23. The standard InChI is InChI=1S/C18H15Cl2N5S/c1-12(21-15-6-2-4-13(19)10-15)25-9-8-17(24-25)23-18(26)22-16-7-3-5-14(20)11-16/h2-11,21H,1H2,(H2,22,23,24,26). The van der Waals surface area contributed by atoms with Crippen LogP contribution in [0.2, 0.25) is 10.0 Å². The van der Waals surface area contributed by atoms with Gasteiger partial charge in [-0.3, -0.25) is 0 Å². The van der Waals surface area contributed by atoms with Gasteiger partial charge < -0.3 is 16.0 Å². The second-order valence-electron chi connectivity index (χ2n) is 5.32. The molecule has 1 aromatic heterocycles. The van der Waals surface area contributed by atoms with E-state index in [2.05, 4.69) is 27.6 Å². The van der Waals surface area contributed by atoms with E-state index in [4.69, 9.17) is 35.4 Å². The molecule has 0 aliphatic heterocycles. The van der Waals surface area contributed by atoms with Crippen LogP contribution in [0.3, 0.4) is 0 Å². The van der Waals surface area contributed by atoms with Gasteiger partial charge in [-0.1, -0.05) is 41.9 Å². The highest BCUT2D eigenvalue weighted by Crippen LogP contribution is 2.18. The van der Waals surface area contributed by atoms with Gasteiger partial charge in [0.25, 0.3) is 0 Å². The summed E-state index contributed by atoms with van der Waals surface area (Å²) in [5.74, 6) is 1.16. The quantitative estimate of drug-likeness (QED) is 0.488. The molecule has 0 bridgehead atoms. The maximum atomic E-state index is 5.98. The molecule has 0 spiro atoms. The lowest BCUT2D eigenvalue weighted by atomic mass is 10.3. The zero-order chi connectivity index (χ0) is 18.5. The highest BCUT2D eigenvalue weighted by molar-refractivity contribution is 7.80. The van der Waals surface area contributed by atoms with Crippen LogP contribution in [0.1, 0.15) is 0 Å².